The van der Waals surface area contributed by atoms with Gasteiger partial charge in [0.15, 0.2) is 0 Å². The lowest BCUT2D eigenvalue weighted by molar-refractivity contribution is -0.236. The molecule has 31 heavy (non-hydrogen) atoms. The zero-order valence-corrected chi connectivity index (χ0v) is 17.4. The van der Waals surface area contributed by atoms with Gasteiger partial charge in [-0.3, -0.25) is 0 Å². The van der Waals surface area contributed by atoms with Crippen molar-refractivity contribution < 1.29 is 31.8 Å². The molecule has 3 atom stereocenters. The largest absolute Gasteiger partial charge is 0.457 e. The SMILES string of the molecule is C=CCC[C@H]1CC[C@H]([C@@H]2CO[C@@H](C#Cc3ccc(OC(F)C(F)(F)F)cc3)CO2)CC1. The Morgan fingerprint density at radius 2 is 1.81 bits per heavy atom. The van der Waals surface area contributed by atoms with Gasteiger partial charge in [0, 0.05) is 5.56 Å². The Kier molecular flexibility index (Phi) is 8.39. The predicted octanol–water partition coefficient (Wildman–Crippen LogP) is 5.83. The third-order valence-corrected chi connectivity index (χ3v) is 5.85. The molecule has 0 aromatic heterocycles. The average Bonchev–Trinajstić information content (AvgIpc) is 2.77. The zero-order chi connectivity index (χ0) is 22.3. The summed E-state index contributed by atoms with van der Waals surface area (Å²) < 4.78 is 65.6. The van der Waals surface area contributed by atoms with E-state index in [4.69, 9.17) is 9.47 Å². The fourth-order valence-electron chi connectivity index (χ4n) is 4.04. The molecule has 1 aliphatic carbocycles. The predicted molar refractivity (Wildman–Crippen MR) is 109 cm³/mol. The Morgan fingerprint density at radius 1 is 1.10 bits per heavy atom. The number of rotatable bonds is 6. The molecule has 1 saturated heterocycles. The maximum absolute atomic E-state index is 12.9. The molecule has 1 aliphatic heterocycles. The van der Waals surface area contributed by atoms with Gasteiger partial charge in [-0.15, -0.1) is 6.58 Å². The highest BCUT2D eigenvalue weighted by Crippen LogP contribution is 2.35. The number of halogens is 4. The standard InChI is InChI=1S/C24H28F4O3/c1-2-3-4-17-5-10-19(11-6-17)22-16-29-21(15-30-22)14-9-18-7-12-20(13-8-18)31-23(25)24(26,27)28/h2,7-8,12-13,17,19,21-23H,1,3-6,10-11,15-16H2/t17-,19-,21-,22-,23?/m0/s1. The van der Waals surface area contributed by atoms with Crippen molar-refractivity contribution >= 4 is 0 Å². The van der Waals surface area contributed by atoms with Crippen molar-refractivity contribution in [1.29, 1.82) is 0 Å². The first kappa shape index (κ1) is 23.6. The fourth-order valence-corrected chi connectivity index (χ4v) is 4.04. The Bertz CT molecular complexity index is 750. The van der Waals surface area contributed by atoms with E-state index >= 15 is 0 Å². The smallest absolute Gasteiger partial charge is 0.452 e. The van der Waals surface area contributed by atoms with Crippen LogP contribution in [0.1, 0.15) is 44.1 Å². The van der Waals surface area contributed by atoms with Crippen molar-refractivity contribution in [3.8, 4) is 17.6 Å². The van der Waals surface area contributed by atoms with Crippen LogP contribution in [0.15, 0.2) is 36.9 Å². The van der Waals surface area contributed by atoms with Crippen molar-refractivity contribution in [1.82, 2.24) is 0 Å². The van der Waals surface area contributed by atoms with Gasteiger partial charge in [-0.25, -0.2) is 0 Å². The first-order valence-electron chi connectivity index (χ1n) is 10.7. The minimum absolute atomic E-state index is 0.108. The summed E-state index contributed by atoms with van der Waals surface area (Å²) in [4.78, 5) is 0. The molecular weight excluding hydrogens is 412 g/mol. The lowest BCUT2D eigenvalue weighted by Gasteiger charge is -2.36. The van der Waals surface area contributed by atoms with Crippen LogP contribution >= 0.6 is 0 Å². The first-order chi connectivity index (χ1) is 14.8. The van der Waals surface area contributed by atoms with Crippen LogP contribution in [-0.4, -0.2) is 38.0 Å². The molecule has 1 aromatic carbocycles. The molecule has 170 valence electrons. The summed E-state index contributed by atoms with van der Waals surface area (Å²) in [5, 5.41) is 0. The molecule has 0 radical (unpaired) electrons. The van der Waals surface area contributed by atoms with E-state index in [9.17, 15) is 17.6 Å². The van der Waals surface area contributed by atoms with Crippen molar-refractivity contribution in [2.24, 2.45) is 11.8 Å². The lowest BCUT2D eigenvalue weighted by atomic mass is 9.77. The van der Waals surface area contributed by atoms with Gasteiger partial charge in [-0.05, 0) is 61.8 Å². The quantitative estimate of drug-likeness (QED) is 0.316. The molecule has 1 heterocycles. The third kappa shape index (κ3) is 7.26. The maximum Gasteiger partial charge on any atom is 0.457 e. The molecule has 1 unspecified atom stereocenters. The molecule has 2 fully saturated rings. The third-order valence-electron chi connectivity index (χ3n) is 5.85. The highest BCUT2D eigenvalue weighted by molar-refractivity contribution is 5.39. The second-order valence-corrected chi connectivity index (χ2v) is 8.11. The van der Waals surface area contributed by atoms with Crippen LogP contribution < -0.4 is 4.74 Å². The highest BCUT2D eigenvalue weighted by Gasteiger charge is 2.42. The summed E-state index contributed by atoms with van der Waals surface area (Å²) in [5.74, 6) is 6.99. The molecule has 0 N–H and O–H groups in total. The summed E-state index contributed by atoms with van der Waals surface area (Å²) >= 11 is 0. The van der Waals surface area contributed by atoms with Gasteiger partial charge in [-0.2, -0.15) is 17.6 Å². The highest BCUT2D eigenvalue weighted by atomic mass is 19.4. The van der Waals surface area contributed by atoms with Crippen LogP contribution in [0.3, 0.4) is 0 Å². The van der Waals surface area contributed by atoms with E-state index in [1.165, 1.54) is 43.5 Å². The van der Waals surface area contributed by atoms with Crippen LogP contribution in [0, 0.1) is 23.7 Å². The van der Waals surface area contributed by atoms with Crippen LogP contribution in [-0.2, 0) is 9.47 Å². The molecule has 3 rings (SSSR count). The topological polar surface area (TPSA) is 27.7 Å². The Labute approximate surface area is 180 Å². The van der Waals surface area contributed by atoms with Crippen LogP contribution in [0.25, 0.3) is 0 Å². The maximum atomic E-state index is 12.9. The number of alkyl halides is 4. The monoisotopic (exact) mass is 440 g/mol. The Morgan fingerprint density at radius 3 is 2.39 bits per heavy atom. The summed E-state index contributed by atoms with van der Waals surface area (Å²) in [5.41, 5.74) is 0.568. The van der Waals surface area contributed by atoms with E-state index in [1.54, 1.807) is 0 Å². The summed E-state index contributed by atoms with van der Waals surface area (Å²) in [6, 6.07) is 5.45. The molecule has 0 amide bonds. The molecular formula is C24H28F4O3. The molecule has 1 saturated carbocycles. The van der Waals surface area contributed by atoms with Gasteiger partial charge in [0.2, 0.25) is 0 Å². The van der Waals surface area contributed by atoms with Gasteiger partial charge < -0.3 is 14.2 Å². The van der Waals surface area contributed by atoms with E-state index in [2.05, 4.69) is 23.2 Å². The summed E-state index contributed by atoms with van der Waals surface area (Å²) in [6.45, 7) is 4.70. The first-order valence-corrected chi connectivity index (χ1v) is 10.7. The molecule has 0 spiro atoms. The molecule has 2 aliphatic rings. The molecule has 7 heteroatoms. The van der Waals surface area contributed by atoms with Gasteiger partial charge in [0.25, 0.3) is 0 Å². The second kappa shape index (κ2) is 11.0. The van der Waals surface area contributed by atoms with Crippen LogP contribution in [0.4, 0.5) is 17.6 Å². The molecule has 0 bridgehead atoms. The van der Waals surface area contributed by atoms with Gasteiger partial charge in [0.1, 0.15) is 11.9 Å². The minimum atomic E-state index is -5.06. The number of hydrogen-bond acceptors (Lipinski definition) is 3. The molecule has 3 nitrogen and oxygen atoms in total. The van der Waals surface area contributed by atoms with E-state index in [0.717, 1.165) is 25.2 Å². The van der Waals surface area contributed by atoms with Gasteiger partial charge in [-0.1, -0.05) is 30.8 Å². The average molecular weight is 440 g/mol. The zero-order valence-electron chi connectivity index (χ0n) is 17.4. The lowest BCUT2D eigenvalue weighted by Crippen LogP contribution is -2.40. The molecule has 1 aromatic rings. The minimum Gasteiger partial charge on any atom is -0.452 e. The van der Waals surface area contributed by atoms with Crippen LogP contribution in [0.5, 0.6) is 5.75 Å². The second-order valence-electron chi connectivity index (χ2n) is 8.11. The van der Waals surface area contributed by atoms with E-state index in [-0.39, 0.29) is 18.0 Å². The normalized spacial score (nSPS) is 27.6. The fraction of sp³-hybridized carbons (Fsp3) is 0.583. The van der Waals surface area contributed by atoms with E-state index in [1.807, 2.05) is 6.08 Å². The van der Waals surface area contributed by atoms with Crippen molar-refractivity contribution in [3.63, 3.8) is 0 Å². The van der Waals surface area contributed by atoms with Crippen molar-refractivity contribution in [3.05, 3.63) is 42.5 Å². The van der Waals surface area contributed by atoms with Gasteiger partial charge in [0.05, 0.1) is 19.3 Å². The Hall–Kier alpha value is -2.04. The number of allylic oxidation sites excluding steroid dienone is 1. The summed E-state index contributed by atoms with van der Waals surface area (Å²) in [7, 11) is 0. The van der Waals surface area contributed by atoms with Gasteiger partial charge >= 0.3 is 12.5 Å². The van der Waals surface area contributed by atoms with Crippen molar-refractivity contribution in [2.45, 2.75) is 63.3 Å². The van der Waals surface area contributed by atoms with E-state index in [0.29, 0.717) is 24.7 Å². The number of ether oxygens (including phenoxy) is 3. The number of hydrogen-bond donors (Lipinski definition) is 0. The summed E-state index contributed by atoms with van der Waals surface area (Å²) in [6.07, 6.45) is 0.420. The van der Waals surface area contributed by atoms with E-state index < -0.39 is 12.5 Å². The number of benzene rings is 1. The van der Waals surface area contributed by atoms with Crippen LogP contribution in [0.2, 0.25) is 0 Å². The Balaban J connectivity index is 1.42. The van der Waals surface area contributed by atoms with Crippen molar-refractivity contribution in [2.75, 3.05) is 13.2 Å².